The van der Waals surface area contributed by atoms with Crippen LogP contribution >= 0.6 is 0 Å². The van der Waals surface area contributed by atoms with E-state index in [4.69, 9.17) is 4.74 Å². The van der Waals surface area contributed by atoms with Crippen LogP contribution in [0.25, 0.3) is 0 Å². The molecule has 0 saturated carbocycles. The second-order valence-corrected chi connectivity index (χ2v) is 5.18. The highest BCUT2D eigenvalue weighted by Crippen LogP contribution is 2.25. The summed E-state index contributed by atoms with van der Waals surface area (Å²) in [6.45, 7) is 10.5. The molecule has 1 aliphatic heterocycles. The molecule has 0 aromatic carbocycles. The highest BCUT2D eigenvalue weighted by atomic mass is 16.5. The lowest BCUT2D eigenvalue weighted by atomic mass is 9.93. The van der Waals surface area contributed by atoms with E-state index in [0.29, 0.717) is 0 Å². The lowest BCUT2D eigenvalue weighted by Gasteiger charge is -2.38. The van der Waals surface area contributed by atoms with Crippen molar-refractivity contribution in [1.29, 1.82) is 0 Å². The van der Waals surface area contributed by atoms with Gasteiger partial charge in [-0.1, -0.05) is 13.8 Å². The van der Waals surface area contributed by atoms with Gasteiger partial charge in [0.05, 0.1) is 5.60 Å². The smallest absolute Gasteiger partial charge is 0.0675 e. The van der Waals surface area contributed by atoms with Gasteiger partial charge < -0.3 is 9.64 Å². The Kier molecular flexibility index (Phi) is 4.39. The Morgan fingerprint density at radius 3 is 2.29 bits per heavy atom. The van der Waals surface area contributed by atoms with E-state index in [9.17, 15) is 0 Å². The molecular weight excluding hydrogens is 174 g/mol. The van der Waals surface area contributed by atoms with Crippen LogP contribution in [0.3, 0.4) is 0 Å². The number of hydrogen-bond donors (Lipinski definition) is 0. The van der Waals surface area contributed by atoms with Crippen molar-refractivity contribution in [2.24, 2.45) is 5.92 Å². The lowest BCUT2D eigenvalue weighted by Crippen LogP contribution is -2.44. The molecule has 2 heteroatoms. The SMILES string of the molecule is COC1(C)CCN(CCC(C)C)CC1. The fraction of sp³-hybridized carbons (Fsp3) is 1.00. The van der Waals surface area contributed by atoms with Gasteiger partial charge >= 0.3 is 0 Å². The van der Waals surface area contributed by atoms with Gasteiger partial charge in [0, 0.05) is 20.2 Å². The topological polar surface area (TPSA) is 12.5 Å². The van der Waals surface area contributed by atoms with Crippen molar-refractivity contribution in [2.45, 2.75) is 45.6 Å². The lowest BCUT2D eigenvalue weighted by molar-refractivity contribution is -0.0430. The zero-order chi connectivity index (χ0) is 10.6. The number of ether oxygens (including phenoxy) is 1. The van der Waals surface area contributed by atoms with Crippen LogP contribution in [0, 0.1) is 5.92 Å². The molecule has 0 aromatic rings. The molecule has 0 radical (unpaired) electrons. The molecule has 2 nitrogen and oxygen atoms in total. The van der Waals surface area contributed by atoms with Crippen LogP contribution in [0.2, 0.25) is 0 Å². The van der Waals surface area contributed by atoms with Gasteiger partial charge in [0.1, 0.15) is 0 Å². The molecule has 0 unspecified atom stereocenters. The molecule has 1 rings (SSSR count). The number of methoxy groups -OCH3 is 1. The predicted molar refractivity (Wildman–Crippen MR) is 60.5 cm³/mol. The van der Waals surface area contributed by atoms with Gasteiger partial charge in [-0.25, -0.2) is 0 Å². The molecule has 0 N–H and O–H groups in total. The molecule has 14 heavy (non-hydrogen) atoms. The molecule has 1 aliphatic rings. The summed E-state index contributed by atoms with van der Waals surface area (Å²) in [5.74, 6) is 0.825. The van der Waals surface area contributed by atoms with Crippen LogP contribution in [-0.2, 0) is 4.74 Å². The van der Waals surface area contributed by atoms with Crippen LogP contribution in [-0.4, -0.2) is 37.2 Å². The van der Waals surface area contributed by atoms with E-state index in [0.717, 1.165) is 5.92 Å². The third-order valence-electron chi connectivity index (χ3n) is 3.43. The standard InChI is InChI=1S/C12H25NO/c1-11(2)5-8-13-9-6-12(3,14-4)7-10-13/h11H,5-10H2,1-4H3. The summed E-state index contributed by atoms with van der Waals surface area (Å²) in [7, 11) is 1.84. The van der Waals surface area contributed by atoms with Crippen molar-refractivity contribution in [3.05, 3.63) is 0 Å². The molecule has 0 spiro atoms. The summed E-state index contributed by atoms with van der Waals surface area (Å²) in [4.78, 5) is 2.57. The van der Waals surface area contributed by atoms with Crippen LogP contribution in [0.15, 0.2) is 0 Å². The van der Waals surface area contributed by atoms with Crippen LogP contribution in [0.4, 0.5) is 0 Å². The summed E-state index contributed by atoms with van der Waals surface area (Å²) >= 11 is 0. The molecule has 0 aliphatic carbocycles. The van der Waals surface area contributed by atoms with Crippen molar-refractivity contribution >= 4 is 0 Å². The van der Waals surface area contributed by atoms with E-state index in [1.807, 2.05) is 7.11 Å². The average molecular weight is 199 g/mol. The average Bonchev–Trinajstić information content (AvgIpc) is 2.17. The molecule has 0 amide bonds. The predicted octanol–water partition coefficient (Wildman–Crippen LogP) is 2.53. The normalized spacial score (nSPS) is 22.9. The molecule has 0 bridgehead atoms. The Balaban J connectivity index is 2.22. The second-order valence-electron chi connectivity index (χ2n) is 5.18. The minimum Gasteiger partial charge on any atom is -0.378 e. The van der Waals surface area contributed by atoms with Gasteiger partial charge in [-0.15, -0.1) is 0 Å². The maximum Gasteiger partial charge on any atom is 0.0675 e. The van der Waals surface area contributed by atoms with Gasteiger partial charge in [-0.3, -0.25) is 0 Å². The Bertz CT molecular complexity index is 160. The minimum absolute atomic E-state index is 0.147. The van der Waals surface area contributed by atoms with Gasteiger partial charge in [0.15, 0.2) is 0 Å². The molecule has 1 fully saturated rings. The second kappa shape index (κ2) is 5.13. The molecule has 1 heterocycles. The number of likely N-dealkylation sites (tertiary alicyclic amines) is 1. The zero-order valence-corrected chi connectivity index (χ0v) is 10.2. The first-order valence-corrected chi connectivity index (χ1v) is 5.83. The summed E-state index contributed by atoms with van der Waals surface area (Å²) < 4.78 is 5.53. The van der Waals surface area contributed by atoms with E-state index in [-0.39, 0.29) is 5.60 Å². The summed E-state index contributed by atoms with van der Waals surface area (Å²) in [5.41, 5.74) is 0.147. The van der Waals surface area contributed by atoms with Crippen molar-refractivity contribution in [1.82, 2.24) is 4.90 Å². The Hall–Kier alpha value is -0.0800. The van der Waals surface area contributed by atoms with E-state index in [1.54, 1.807) is 0 Å². The number of hydrogen-bond acceptors (Lipinski definition) is 2. The van der Waals surface area contributed by atoms with E-state index >= 15 is 0 Å². The van der Waals surface area contributed by atoms with Gasteiger partial charge in [-0.05, 0) is 38.6 Å². The number of piperidine rings is 1. The van der Waals surface area contributed by atoms with E-state index in [1.165, 1.54) is 38.9 Å². The number of rotatable bonds is 4. The molecule has 0 atom stereocenters. The third-order valence-corrected chi connectivity index (χ3v) is 3.43. The monoisotopic (exact) mass is 199 g/mol. The molecule has 84 valence electrons. The Morgan fingerprint density at radius 1 is 1.29 bits per heavy atom. The van der Waals surface area contributed by atoms with E-state index in [2.05, 4.69) is 25.7 Å². The minimum atomic E-state index is 0.147. The van der Waals surface area contributed by atoms with Crippen LogP contribution < -0.4 is 0 Å². The van der Waals surface area contributed by atoms with Crippen LogP contribution in [0.1, 0.15) is 40.0 Å². The first-order chi connectivity index (χ1) is 6.56. The fourth-order valence-corrected chi connectivity index (χ4v) is 1.89. The highest BCUT2D eigenvalue weighted by molar-refractivity contribution is 4.83. The maximum atomic E-state index is 5.53. The molecule has 1 saturated heterocycles. The zero-order valence-electron chi connectivity index (χ0n) is 10.2. The Labute approximate surface area is 88.6 Å². The molecule has 0 aromatic heterocycles. The Morgan fingerprint density at radius 2 is 1.86 bits per heavy atom. The van der Waals surface area contributed by atoms with Gasteiger partial charge in [0.25, 0.3) is 0 Å². The molecular formula is C12H25NO. The quantitative estimate of drug-likeness (QED) is 0.690. The van der Waals surface area contributed by atoms with Gasteiger partial charge in [0.2, 0.25) is 0 Å². The van der Waals surface area contributed by atoms with E-state index < -0.39 is 0 Å². The van der Waals surface area contributed by atoms with Crippen molar-refractivity contribution in [3.63, 3.8) is 0 Å². The summed E-state index contributed by atoms with van der Waals surface area (Å²) in [6, 6.07) is 0. The fourth-order valence-electron chi connectivity index (χ4n) is 1.89. The summed E-state index contributed by atoms with van der Waals surface area (Å²) in [5, 5.41) is 0. The van der Waals surface area contributed by atoms with Gasteiger partial charge in [-0.2, -0.15) is 0 Å². The first-order valence-electron chi connectivity index (χ1n) is 5.83. The van der Waals surface area contributed by atoms with Crippen molar-refractivity contribution < 1.29 is 4.74 Å². The first kappa shape index (κ1) is 12.0. The van der Waals surface area contributed by atoms with Crippen LogP contribution in [0.5, 0.6) is 0 Å². The largest absolute Gasteiger partial charge is 0.378 e. The third kappa shape index (κ3) is 3.58. The highest BCUT2D eigenvalue weighted by Gasteiger charge is 2.29. The van der Waals surface area contributed by atoms with Crippen molar-refractivity contribution in [3.8, 4) is 0 Å². The number of nitrogens with zero attached hydrogens (tertiary/aromatic N) is 1. The van der Waals surface area contributed by atoms with Crippen molar-refractivity contribution in [2.75, 3.05) is 26.7 Å². The maximum absolute atomic E-state index is 5.53. The summed E-state index contributed by atoms with van der Waals surface area (Å²) in [6.07, 6.45) is 3.69.